The van der Waals surface area contributed by atoms with E-state index in [0.717, 1.165) is 45.3 Å². The largest absolute Gasteiger partial charge is 0.469 e. The molecule has 0 rings (SSSR count). The molecule has 0 aromatic carbocycles. The van der Waals surface area contributed by atoms with Crippen LogP contribution in [0.15, 0.2) is 0 Å². The lowest BCUT2D eigenvalue weighted by Gasteiger charge is -2.19. The first-order valence-corrected chi connectivity index (χ1v) is 11.5. The van der Waals surface area contributed by atoms with Crippen LogP contribution in [-0.2, 0) is 19.0 Å². The van der Waals surface area contributed by atoms with Crippen molar-refractivity contribution >= 4 is 5.97 Å². The number of methoxy groups -OCH3 is 1. The van der Waals surface area contributed by atoms with Crippen LogP contribution in [0.1, 0.15) is 117 Å². The van der Waals surface area contributed by atoms with Crippen molar-refractivity contribution in [3.05, 3.63) is 0 Å². The number of hydrogen-bond acceptors (Lipinski definition) is 4. The van der Waals surface area contributed by atoms with Gasteiger partial charge in [-0.15, -0.1) is 0 Å². The lowest BCUT2D eigenvalue weighted by atomic mass is 10.1. The second-order valence-electron chi connectivity index (χ2n) is 7.53. The fraction of sp³-hybridized carbons (Fsp3) is 0.957. The van der Waals surface area contributed by atoms with Crippen LogP contribution in [0, 0.1) is 0 Å². The van der Waals surface area contributed by atoms with E-state index in [9.17, 15) is 4.79 Å². The Morgan fingerprint density at radius 2 is 1.15 bits per heavy atom. The summed E-state index contributed by atoms with van der Waals surface area (Å²) in [6, 6.07) is 0. The third-order valence-corrected chi connectivity index (χ3v) is 4.90. The number of carbonyl (C=O) groups excluding carboxylic acids is 1. The summed E-state index contributed by atoms with van der Waals surface area (Å²) in [6.07, 6.45) is 18.3. The van der Waals surface area contributed by atoms with Crippen molar-refractivity contribution in [1.82, 2.24) is 0 Å². The van der Waals surface area contributed by atoms with Crippen LogP contribution < -0.4 is 0 Å². The fourth-order valence-electron chi connectivity index (χ4n) is 3.09. The number of esters is 1. The van der Waals surface area contributed by atoms with Crippen LogP contribution in [0.25, 0.3) is 0 Å². The maximum absolute atomic E-state index is 11.2. The SMILES string of the molecule is CCCCCCCCOC(CCCCC(=O)OC)OCCCCCCCC. The van der Waals surface area contributed by atoms with Gasteiger partial charge in [-0.1, -0.05) is 78.1 Å². The maximum Gasteiger partial charge on any atom is 0.305 e. The normalized spacial score (nSPS) is 11.3. The molecule has 0 fully saturated rings. The van der Waals surface area contributed by atoms with E-state index in [-0.39, 0.29) is 12.3 Å². The summed E-state index contributed by atoms with van der Waals surface area (Å²) in [6.45, 7) is 6.05. The minimum atomic E-state index is -0.132. The Hall–Kier alpha value is -0.610. The molecule has 0 aromatic heterocycles. The van der Waals surface area contributed by atoms with Gasteiger partial charge >= 0.3 is 5.97 Å². The fourth-order valence-corrected chi connectivity index (χ4v) is 3.09. The van der Waals surface area contributed by atoms with Gasteiger partial charge in [0.05, 0.1) is 7.11 Å². The van der Waals surface area contributed by atoms with Crippen molar-refractivity contribution in [3.8, 4) is 0 Å². The summed E-state index contributed by atoms with van der Waals surface area (Å²) in [5.74, 6) is -0.132. The molecule has 0 atom stereocenters. The van der Waals surface area contributed by atoms with Crippen LogP contribution in [0.3, 0.4) is 0 Å². The van der Waals surface area contributed by atoms with Gasteiger partial charge in [0, 0.05) is 19.6 Å². The van der Waals surface area contributed by atoms with E-state index in [1.807, 2.05) is 0 Å². The molecule has 0 bridgehead atoms. The third-order valence-electron chi connectivity index (χ3n) is 4.90. The van der Waals surface area contributed by atoms with Crippen molar-refractivity contribution < 1.29 is 19.0 Å². The molecule has 0 unspecified atom stereocenters. The molecule has 4 nitrogen and oxygen atoms in total. The smallest absolute Gasteiger partial charge is 0.305 e. The summed E-state index contributed by atoms with van der Waals surface area (Å²) in [5, 5.41) is 0. The molecule has 4 heteroatoms. The van der Waals surface area contributed by atoms with E-state index < -0.39 is 0 Å². The molecule has 0 N–H and O–H groups in total. The Morgan fingerprint density at radius 1 is 0.667 bits per heavy atom. The topological polar surface area (TPSA) is 44.8 Å². The number of carbonyl (C=O) groups is 1. The number of hydrogen-bond donors (Lipinski definition) is 0. The van der Waals surface area contributed by atoms with Crippen LogP contribution >= 0.6 is 0 Å². The molecule has 0 saturated carbocycles. The molecule has 0 radical (unpaired) electrons. The van der Waals surface area contributed by atoms with E-state index in [1.165, 1.54) is 71.3 Å². The summed E-state index contributed by atoms with van der Waals surface area (Å²) >= 11 is 0. The zero-order valence-electron chi connectivity index (χ0n) is 18.4. The second-order valence-corrected chi connectivity index (χ2v) is 7.53. The highest BCUT2D eigenvalue weighted by Crippen LogP contribution is 2.13. The van der Waals surface area contributed by atoms with E-state index in [1.54, 1.807) is 0 Å². The Morgan fingerprint density at radius 3 is 1.63 bits per heavy atom. The molecular formula is C23H46O4. The molecule has 0 aliphatic rings. The minimum Gasteiger partial charge on any atom is -0.469 e. The Balaban J connectivity index is 3.86. The number of rotatable bonds is 21. The molecule has 0 amide bonds. The molecule has 0 aliphatic heterocycles. The van der Waals surface area contributed by atoms with Crippen LogP contribution in [0.5, 0.6) is 0 Å². The van der Waals surface area contributed by atoms with Gasteiger partial charge in [-0.25, -0.2) is 0 Å². The van der Waals surface area contributed by atoms with Crippen molar-refractivity contribution in [2.45, 2.75) is 123 Å². The van der Waals surface area contributed by atoms with Crippen molar-refractivity contribution in [3.63, 3.8) is 0 Å². The maximum atomic E-state index is 11.2. The van der Waals surface area contributed by atoms with Crippen LogP contribution in [0.4, 0.5) is 0 Å². The predicted molar refractivity (Wildman–Crippen MR) is 113 cm³/mol. The molecular weight excluding hydrogens is 340 g/mol. The molecule has 0 spiro atoms. The summed E-state index contributed by atoms with van der Waals surface area (Å²) < 4.78 is 16.7. The van der Waals surface area contributed by atoms with Crippen molar-refractivity contribution in [2.24, 2.45) is 0 Å². The minimum absolute atomic E-state index is 0.117. The lowest BCUT2D eigenvalue weighted by Crippen LogP contribution is -2.19. The first-order chi connectivity index (χ1) is 13.2. The molecule has 0 aliphatic carbocycles. The van der Waals surface area contributed by atoms with Gasteiger partial charge in [0.1, 0.15) is 0 Å². The molecule has 27 heavy (non-hydrogen) atoms. The number of unbranched alkanes of at least 4 members (excludes halogenated alkanes) is 11. The van der Waals surface area contributed by atoms with Gasteiger partial charge < -0.3 is 14.2 Å². The van der Waals surface area contributed by atoms with Gasteiger partial charge in [0.25, 0.3) is 0 Å². The first-order valence-electron chi connectivity index (χ1n) is 11.5. The number of ether oxygens (including phenoxy) is 3. The second kappa shape index (κ2) is 21.7. The Labute approximate surface area is 168 Å². The Kier molecular flexibility index (Phi) is 21.2. The first kappa shape index (κ1) is 26.4. The van der Waals surface area contributed by atoms with Gasteiger partial charge in [-0.3, -0.25) is 4.79 Å². The quantitative estimate of drug-likeness (QED) is 0.124. The van der Waals surface area contributed by atoms with Crippen LogP contribution in [-0.4, -0.2) is 32.6 Å². The highest BCUT2D eigenvalue weighted by molar-refractivity contribution is 5.68. The standard InChI is InChI=1S/C23H46O4/c1-4-6-8-10-12-16-20-26-23(19-15-14-18-22(24)25-3)27-21-17-13-11-9-7-5-2/h23H,4-21H2,1-3H3. The highest BCUT2D eigenvalue weighted by atomic mass is 16.7. The van der Waals surface area contributed by atoms with Gasteiger partial charge in [-0.2, -0.15) is 0 Å². The zero-order valence-corrected chi connectivity index (χ0v) is 18.4. The van der Waals surface area contributed by atoms with Gasteiger partial charge in [-0.05, 0) is 32.1 Å². The summed E-state index contributed by atoms with van der Waals surface area (Å²) in [4.78, 5) is 11.2. The molecule has 0 saturated heterocycles. The summed E-state index contributed by atoms with van der Waals surface area (Å²) in [5.41, 5.74) is 0. The molecule has 0 heterocycles. The highest BCUT2D eigenvalue weighted by Gasteiger charge is 2.10. The van der Waals surface area contributed by atoms with E-state index >= 15 is 0 Å². The van der Waals surface area contributed by atoms with Gasteiger partial charge in [0.15, 0.2) is 6.29 Å². The van der Waals surface area contributed by atoms with E-state index in [0.29, 0.717) is 6.42 Å². The van der Waals surface area contributed by atoms with E-state index in [2.05, 4.69) is 13.8 Å². The molecule has 0 aromatic rings. The third kappa shape index (κ3) is 19.9. The Bertz CT molecular complexity index is 289. The van der Waals surface area contributed by atoms with Crippen molar-refractivity contribution in [2.75, 3.05) is 20.3 Å². The average Bonchev–Trinajstić information content (AvgIpc) is 2.68. The molecule has 162 valence electrons. The van der Waals surface area contributed by atoms with Crippen molar-refractivity contribution in [1.29, 1.82) is 0 Å². The summed E-state index contributed by atoms with van der Waals surface area (Å²) in [7, 11) is 1.44. The lowest BCUT2D eigenvalue weighted by molar-refractivity contribution is -0.149. The average molecular weight is 387 g/mol. The monoisotopic (exact) mass is 386 g/mol. The van der Waals surface area contributed by atoms with Crippen LogP contribution in [0.2, 0.25) is 0 Å². The van der Waals surface area contributed by atoms with Gasteiger partial charge in [0.2, 0.25) is 0 Å². The predicted octanol–water partition coefficient (Wildman–Crippen LogP) is 6.80. The van der Waals surface area contributed by atoms with E-state index in [4.69, 9.17) is 14.2 Å². The zero-order chi connectivity index (χ0) is 20.0.